The number of methoxy groups -OCH3 is 1. The molecule has 1 amide bonds. The van der Waals surface area contributed by atoms with Crippen LogP contribution in [0.4, 0.5) is 0 Å². The number of aryl methyl sites for hydroxylation is 1. The molecule has 0 aliphatic carbocycles. The Balaban J connectivity index is 1.49. The summed E-state index contributed by atoms with van der Waals surface area (Å²) in [5, 5.41) is 0. The number of hydrogen-bond acceptors (Lipinski definition) is 4. The summed E-state index contributed by atoms with van der Waals surface area (Å²) < 4.78 is 7.62. The Morgan fingerprint density at radius 1 is 0.914 bits per heavy atom. The van der Waals surface area contributed by atoms with Crippen LogP contribution >= 0.6 is 0 Å². The Morgan fingerprint density at radius 3 is 2.43 bits per heavy atom. The normalized spacial score (nSPS) is 14.4. The van der Waals surface area contributed by atoms with E-state index < -0.39 is 0 Å². The molecule has 0 atom stereocenters. The highest BCUT2D eigenvalue weighted by atomic mass is 16.5. The molecule has 180 valence electrons. The lowest BCUT2D eigenvalue weighted by Crippen LogP contribution is -2.48. The molecule has 2 aromatic carbocycles. The van der Waals surface area contributed by atoms with E-state index in [1.165, 1.54) is 0 Å². The maximum absolute atomic E-state index is 13.1. The quantitative estimate of drug-likeness (QED) is 0.392. The van der Waals surface area contributed by atoms with Gasteiger partial charge in [-0.25, -0.2) is 4.98 Å². The lowest BCUT2D eigenvalue weighted by Gasteiger charge is -2.34. The number of likely N-dealkylation sites (N-methyl/N-ethyl adjacent to an activating group) is 1. The summed E-state index contributed by atoms with van der Waals surface area (Å²) >= 11 is 0. The average Bonchev–Trinajstić information content (AvgIpc) is 3.30. The Morgan fingerprint density at radius 2 is 1.69 bits per heavy atom. The lowest BCUT2D eigenvalue weighted by atomic mass is 10.1. The highest BCUT2D eigenvalue weighted by Gasteiger charge is 2.22. The van der Waals surface area contributed by atoms with E-state index in [-0.39, 0.29) is 5.91 Å². The third-order valence-corrected chi connectivity index (χ3v) is 6.92. The van der Waals surface area contributed by atoms with Crippen molar-refractivity contribution in [3.8, 4) is 28.1 Å². The summed E-state index contributed by atoms with van der Waals surface area (Å²) in [6, 6.07) is 22.5. The zero-order valence-corrected chi connectivity index (χ0v) is 20.5. The number of imidazole rings is 1. The predicted molar refractivity (Wildman–Crippen MR) is 140 cm³/mol. The molecule has 1 fully saturated rings. The van der Waals surface area contributed by atoms with Crippen molar-refractivity contribution >= 4 is 11.6 Å². The first kappa shape index (κ1) is 23.1. The zero-order chi connectivity index (χ0) is 24.2. The van der Waals surface area contributed by atoms with Crippen molar-refractivity contribution in [1.29, 1.82) is 0 Å². The van der Waals surface area contributed by atoms with Crippen LogP contribution in [0.3, 0.4) is 0 Å². The van der Waals surface area contributed by atoms with E-state index in [0.717, 1.165) is 72.2 Å². The number of rotatable bonds is 7. The standard InChI is InChI=1S/C29H32N4O2/c1-3-31-16-18-32(19-17-31)28(34)15-13-26-29(23-10-7-11-25(20-23)35-2)30-27-14-12-24(21-33(26)27)22-8-5-4-6-9-22/h4-12,14,20-21H,3,13,15-19H2,1-2H3. The SMILES string of the molecule is CCN1CCN(C(=O)CCc2c(-c3cccc(OC)c3)nc3ccc(-c4ccccc4)cn23)CC1. The molecular formula is C29H32N4O2. The summed E-state index contributed by atoms with van der Waals surface area (Å²) in [7, 11) is 1.67. The van der Waals surface area contributed by atoms with E-state index in [1.807, 2.05) is 41.3 Å². The molecule has 1 aliphatic heterocycles. The molecule has 2 aromatic heterocycles. The maximum atomic E-state index is 13.1. The summed E-state index contributed by atoms with van der Waals surface area (Å²) in [4.78, 5) is 22.5. The number of carbonyl (C=O) groups excluding carboxylic acids is 1. The van der Waals surface area contributed by atoms with Crippen LogP contribution in [0.15, 0.2) is 72.9 Å². The van der Waals surface area contributed by atoms with Gasteiger partial charge in [0, 0.05) is 44.4 Å². The highest BCUT2D eigenvalue weighted by molar-refractivity contribution is 5.77. The molecule has 0 N–H and O–H groups in total. The van der Waals surface area contributed by atoms with Gasteiger partial charge in [0.2, 0.25) is 5.91 Å². The van der Waals surface area contributed by atoms with E-state index in [0.29, 0.717) is 12.8 Å². The summed E-state index contributed by atoms with van der Waals surface area (Å²) in [5.74, 6) is 1.01. The highest BCUT2D eigenvalue weighted by Crippen LogP contribution is 2.30. The van der Waals surface area contributed by atoms with Gasteiger partial charge < -0.3 is 18.9 Å². The summed E-state index contributed by atoms with van der Waals surface area (Å²) in [6.45, 7) is 6.73. The van der Waals surface area contributed by atoms with Gasteiger partial charge in [-0.05, 0) is 48.4 Å². The van der Waals surface area contributed by atoms with Gasteiger partial charge in [0.15, 0.2) is 0 Å². The van der Waals surface area contributed by atoms with Crippen molar-refractivity contribution < 1.29 is 9.53 Å². The minimum atomic E-state index is 0.214. The van der Waals surface area contributed by atoms with Crippen molar-refractivity contribution in [2.45, 2.75) is 19.8 Å². The second-order valence-electron chi connectivity index (χ2n) is 8.97. The van der Waals surface area contributed by atoms with E-state index >= 15 is 0 Å². The third-order valence-electron chi connectivity index (χ3n) is 6.92. The molecule has 3 heterocycles. The Kier molecular flexibility index (Phi) is 6.82. The number of hydrogen-bond donors (Lipinski definition) is 0. The van der Waals surface area contributed by atoms with Gasteiger partial charge in [-0.2, -0.15) is 0 Å². The molecule has 0 unspecified atom stereocenters. The number of aromatic nitrogens is 2. The maximum Gasteiger partial charge on any atom is 0.223 e. The largest absolute Gasteiger partial charge is 0.497 e. The number of nitrogens with zero attached hydrogens (tertiary/aromatic N) is 4. The van der Waals surface area contributed by atoms with Crippen molar-refractivity contribution in [1.82, 2.24) is 19.2 Å². The monoisotopic (exact) mass is 468 g/mol. The average molecular weight is 469 g/mol. The number of fused-ring (bicyclic) bond motifs is 1. The van der Waals surface area contributed by atoms with Gasteiger partial charge in [-0.3, -0.25) is 4.79 Å². The van der Waals surface area contributed by atoms with Crippen molar-refractivity contribution in [2.75, 3.05) is 39.8 Å². The molecule has 6 nitrogen and oxygen atoms in total. The number of benzene rings is 2. The first-order chi connectivity index (χ1) is 17.2. The van der Waals surface area contributed by atoms with Crippen LogP contribution in [-0.2, 0) is 11.2 Å². The topological polar surface area (TPSA) is 50.1 Å². The van der Waals surface area contributed by atoms with Gasteiger partial charge in [0.25, 0.3) is 0 Å². The second kappa shape index (κ2) is 10.3. The Bertz CT molecular complexity index is 1310. The second-order valence-corrected chi connectivity index (χ2v) is 8.97. The molecule has 0 spiro atoms. The van der Waals surface area contributed by atoms with Crippen LogP contribution in [0.1, 0.15) is 19.0 Å². The Labute approximate surface area is 206 Å². The molecule has 0 saturated carbocycles. The number of ether oxygens (including phenoxy) is 1. The van der Waals surface area contributed by atoms with E-state index in [2.05, 4.69) is 52.8 Å². The van der Waals surface area contributed by atoms with E-state index in [1.54, 1.807) is 7.11 Å². The van der Waals surface area contributed by atoms with Gasteiger partial charge >= 0.3 is 0 Å². The summed E-state index contributed by atoms with van der Waals surface area (Å²) in [5.41, 5.74) is 6.09. The zero-order valence-electron chi connectivity index (χ0n) is 20.5. The third kappa shape index (κ3) is 4.93. The van der Waals surface area contributed by atoms with Gasteiger partial charge in [0.05, 0.1) is 18.5 Å². The fourth-order valence-electron chi connectivity index (χ4n) is 4.83. The van der Waals surface area contributed by atoms with Crippen LogP contribution in [0.5, 0.6) is 5.75 Å². The molecule has 4 aromatic rings. The molecule has 0 bridgehead atoms. The molecule has 1 aliphatic rings. The minimum Gasteiger partial charge on any atom is -0.497 e. The molecular weight excluding hydrogens is 436 g/mol. The van der Waals surface area contributed by atoms with Crippen LogP contribution in [-0.4, -0.2) is 64.9 Å². The Hall–Kier alpha value is -3.64. The van der Waals surface area contributed by atoms with Crippen LogP contribution < -0.4 is 4.74 Å². The number of amides is 1. The first-order valence-corrected chi connectivity index (χ1v) is 12.4. The fourth-order valence-corrected chi connectivity index (χ4v) is 4.83. The smallest absolute Gasteiger partial charge is 0.223 e. The molecule has 5 rings (SSSR count). The van der Waals surface area contributed by atoms with Crippen molar-refractivity contribution in [3.05, 3.63) is 78.6 Å². The van der Waals surface area contributed by atoms with Gasteiger partial charge in [-0.15, -0.1) is 0 Å². The number of piperazine rings is 1. The molecule has 6 heteroatoms. The minimum absolute atomic E-state index is 0.214. The molecule has 1 saturated heterocycles. The number of carbonyl (C=O) groups is 1. The number of pyridine rings is 1. The fraction of sp³-hybridized carbons (Fsp3) is 0.310. The first-order valence-electron chi connectivity index (χ1n) is 12.4. The van der Waals surface area contributed by atoms with Crippen LogP contribution in [0.2, 0.25) is 0 Å². The lowest BCUT2D eigenvalue weighted by molar-refractivity contribution is -0.132. The van der Waals surface area contributed by atoms with Gasteiger partial charge in [-0.1, -0.05) is 49.4 Å². The predicted octanol–water partition coefficient (Wildman–Crippen LogP) is 4.77. The van der Waals surface area contributed by atoms with Crippen molar-refractivity contribution in [3.63, 3.8) is 0 Å². The van der Waals surface area contributed by atoms with Crippen molar-refractivity contribution in [2.24, 2.45) is 0 Å². The van der Waals surface area contributed by atoms with Gasteiger partial charge in [0.1, 0.15) is 11.4 Å². The van der Waals surface area contributed by atoms with E-state index in [4.69, 9.17) is 9.72 Å². The molecule has 35 heavy (non-hydrogen) atoms. The molecule has 0 radical (unpaired) electrons. The summed E-state index contributed by atoms with van der Waals surface area (Å²) in [6.07, 6.45) is 3.23. The van der Waals surface area contributed by atoms with Crippen LogP contribution in [0.25, 0.3) is 28.0 Å². The van der Waals surface area contributed by atoms with E-state index in [9.17, 15) is 4.79 Å². The van der Waals surface area contributed by atoms with Crippen LogP contribution in [0, 0.1) is 0 Å².